The summed E-state index contributed by atoms with van der Waals surface area (Å²) >= 11 is 0. The first kappa shape index (κ1) is 19.6. The van der Waals surface area contributed by atoms with Gasteiger partial charge in [0.25, 0.3) is 11.5 Å². The van der Waals surface area contributed by atoms with Crippen molar-refractivity contribution in [2.45, 2.75) is 6.92 Å². The zero-order valence-corrected chi connectivity index (χ0v) is 17.5. The molecule has 0 saturated carbocycles. The van der Waals surface area contributed by atoms with Crippen molar-refractivity contribution in [3.8, 4) is 5.69 Å². The van der Waals surface area contributed by atoms with Crippen molar-refractivity contribution in [2.75, 3.05) is 5.32 Å². The Balaban J connectivity index is 1.63. The number of amides is 1. The zero-order valence-electron chi connectivity index (χ0n) is 17.5. The summed E-state index contributed by atoms with van der Waals surface area (Å²) in [7, 11) is 1.68. The van der Waals surface area contributed by atoms with Gasteiger partial charge in [0.1, 0.15) is 5.52 Å². The van der Waals surface area contributed by atoms with Crippen LogP contribution in [0.1, 0.15) is 15.9 Å². The molecule has 3 aromatic carbocycles. The number of carbonyl (C=O) groups is 1. The van der Waals surface area contributed by atoms with Crippen LogP contribution >= 0.6 is 0 Å². The number of H-pyrrole nitrogens is 1. The summed E-state index contributed by atoms with van der Waals surface area (Å²) < 4.78 is 2.64. The molecule has 5 aromatic rings. The number of nitrogens with one attached hydrogen (secondary N) is 2. The minimum atomic E-state index is -0.600. The molecule has 2 aromatic heterocycles. The Morgan fingerprint density at radius 1 is 0.938 bits per heavy atom. The van der Waals surface area contributed by atoms with E-state index in [2.05, 4.69) is 10.3 Å². The van der Waals surface area contributed by atoms with Crippen LogP contribution in [0.15, 0.2) is 82.5 Å². The molecule has 32 heavy (non-hydrogen) atoms. The van der Waals surface area contributed by atoms with Crippen LogP contribution in [0.2, 0.25) is 0 Å². The van der Waals surface area contributed by atoms with E-state index in [9.17, 15) is 14.4 Å². The van der Waals surface area contributed by atoms with Gasteiger partial charge >= 0.3 is 5.69 Å². The first-order chi connectivity index (χ1) is 15.4. The molecule has 0 aliphatic rings. The van der Waals surface area contributed by atoms with E-state index in [4.69, 9.17) is 0 Å². The van der Waals surface area contributed by atoms with Gasteiger partial charge in [-0.15, -0.1) is 0 Å². The van der Waals surface area contributed by atoms with Crippen LogP contribution in [0.5, 0.6) is 0 Å². The van der Waals surface area contributed by atoms with Crippen molar-refractivity contribution in [3.05, 3.63) is 105 Å². The molecule has 0 saturated heterocycles. The van der Waals surface area contributed by atoms with Gasteiger partial charge in [-0.25, -0.2) is 9.36 Å². The lowest BCUT2D eigenvalue weighted by Gasteiger charge is -2.09. The third-order valence-corrected chi connectivity index (χ3v) is 5.60. The SMILES string of the molecule is Cc1ccc(-n2c(=O)[nH]c3c(C(=O)Nc4cccc5ccccc45)cn(C)c3c2=O)cc1. The molecule has 0 aliphatic carbocycles. The highest BCUT2D eigenvalue weighted by Crippen LogP contribution is 2.24. The van der Waals surface area contributed by atoms with Crippen LogP contribution in [0.4, 0.5) is 5.69 Å². The molecule has 0 fully saturated rings. The predicted octanol–water partition coefficient (Wildman–Crippen LogP) is 3.73. The number of carbonyl (C=O) groups excluding carboxylic acids is 1. The standard InChI is InChI=1S/C25H20N4O3/c1-15-10-12-17(13-11-15)29-24(31)22-21(27-25(29)32)19(14-28(22)2)23(30)26-20-9-5-7-16-6-3-4-8-18(16)20/h3-14H,1-2H3,(H,26,30)(H,27,32). The number of hydrogen-bond acceptors (Lipinski definition) is 3. The minimum absolute atomic E-state index is 0.212. The maximum absolute atomic E-state index is 13.2. The lowest BCUT2D eigenvalue weighted by molar-refractivity contribution is 0.102. The summed E-state index contributed by atoms with van der Waals surface area (Å²) in [6.45, 7) is 1.93. The number of hydrogen-bond donors (Lipinski definition) is 2. The number of aromatic nitrogens is 3. The van der Waals surface area contributed by atoms with Crippen molar-refractivity contribution >= 4 is 33.4 Å². The van der Waals surface area contributed by atoms with E-state index in [1.54, 1.807) is 29.9 Å². The van der Waals surface area contributed by atoms with E-state index < -0.39 is 17.2 Å². The second-order valence-electron chi connectivity index (χ2n) is 7.76. The Morgan fingerprint density at radius 3 is 2.44 bits per heavy atom. The molecule has 0 radical (unpaired) electrons. The van der Waals surface area contributed by atoms with Crippen molar-refractivity contribution in [1.29, 1.82) is 0 Å². The highest BCUT2D eigenvalue weighted by Gasteiger charge is 2.20. The number of fused-ring (bicyclic) bond motifs is 2. The molecule has 0 spiro atoms. The van der Waals surface area contributed by atoms with E-state index in [1.807, 2.05) is 61.5 Å². The van der Waals surface area contributed by atoms with Crippen LogP contribution in [-0.4, -0.2) is 20.0 Å². The predicted molar refractivity (Wildman–Crippen MR) is 126 cm³/mol. The summed E-state index contributed by atoms with van der Waals surface area (Å²) in [5.41, 5.74) is 1.73. The van der Waals surface area contributed by atoms with Crippen LogP contribution in [0, 0.1) is 6.92 Å². The molecule has 0 unspecified atom stereocenters. The van der Waals surface area contributed by atoms with E-state index in [0.29, 0.717) is 11.4 Å². The Kier molecular flexibility index (Phi) is 4.52. The van der Waals surface area contributed by atoms with Gasteiger partial charge in [0, 0.05) is 24.3 Å². The molecule has 7 nitrogen and oxygen atoms in total. The molecule has 7 heteroatoms. The van der Waals surface area contributed by atoms with Crippen molar-refractivity contribution in [2.24, 2.45) is 7.05 Å². The summed E-state index contributed by atoms with van der Waals surface area (Å²) in [5.74, 6) is -0.407. The molecule has 0 bridgehead atoms. The average molecular weight is 424 g/mol. The molecule has 0 aliphatic heterocycles. The van der Waals surface area contributed by atoms with E-state index in [0.717, 1.165) is 20.9 Å². The molecule has 1 amide bonds. The second-order valence-corrected chi connectivity index (χ2v) is 7.76. The molecule has 158 valence electrons. The Hall–Kier alpha value is -4.39. The molecule has 0 atom stereocenters. The van der Waals surface area contributed by atoms with Gasteiger partial charge in [0.15, 0.2) is 0 Å². The van der Waals surface area contributed by atoms with Gasteiger partial charge < -0.3 is 14.9 Å². The first-order valence-electron chi connectivity index (χ1n) is 10.1. The highest BCUT2D eigenvalue weighted by molar-refractivity contribution is 6.14. The maximum Gasteiger partial charge on any atom is 0.333 e. The Bertz CT molecular complexity index is 1620. The number of anilines is 1. The summed E-state index contributed by atoms with van der Waals surface area (Å²) in [6, 6.07) is 20.5. The zero-order chi connectivity index (χ0) is 22.4. The van der Waals surface area contributed by atoms with E-state index in [1.165, 1.54) is 0 Å². The van der Waals surface area contributed by atoms with Gasteiger partial charge in [-0.05, 0) is 30.5 Å². The molecular formula is C25H20N4O3. The van der Waals surface area contributed by atoms with Gasteiger partial charge in [-0.2, -0.15) is 0 Å². The molecular weight excluding hydrogens is 404 g/mol. The number of benzene rings is 3. The third-order valence-electron chi connectivity index (χ3n) is 5.60. The minimum Gasteiger partial charge on any atom is -0.344 e. The second kappa shape index (κ2) is 7.39. The van der Waals surface area contributed by atoms with Crippen molar-refractivity contribution in [3.63, 3.8) is 0 Å². The van der Waals surface area contributed by atoms with Gasteiger partial charge in [-0.1, -0.05) is 54.1 Å². The first-order valence-corrected chi connectivity index (χ1v) is 10.1. The molecule has 2 N–H and O–H groups in total. The smallest absolute Gasteiger partial charge is 0.333 e. The fourth-order valence-electron chi connectivity index (χ4n) is 4.00. The lowest BCUT2D eigenvalue weighted by Crippen LogP contribution is -2.34. The number of aryl methyl sites for hydroxylation is 2. The third kappa shape index (κ3) is 3.11. The van der Waals surface area contributed by atoms with Crippen LogP contribution in [0.3, 0.4) is 0 Å². The topological polar surface area (TPSA) is 88.9 Å². The van der Waals surface area contributed by atoms with Gasteiger partial charge in [0.05, 0.1) is 16.8 Å². The van der Waals surface area contributed by atoms with Gasteiger partial charge in [0.2, 0.25) is 0 Å². The van der Waals surface area contributed by atoms with E-state index in [-0.39, 0.29) is 16.6 Å². The van der Waals surface area contributed by atoms with Crippen LogP contribution in [0.25, 0.3) is 27.5 Å². The monoisotopic (exact) mass is 424 g/mol. The largest absolute Gasteiger partial charge is 0.344 e. The van der Waals surface area contributed by atoms with Crippen molar-refractivity contribution in [1.82, 2.24) is 14.1 Å². The fourth-order valence-corrected chi connectivity index (χ4v) is 4.00. The lowest BCUT2D eigenvalue weighted by atomic mass is 10.1. The van der Waals surface area contributed by atoms with Crippen LogP contribution in [-0.2, 0) is 7.05 Å². The summed E-state index contributed by atoms with van der Waals surface area (Å²) in [5, 5.41) is 4.81. The fraction of sp³-hybridized carbons (Fsp3) is 0.0800. The van der Waals surface area contributed by atoms with Crippen molar-refractivity contribution < 1.29 is 4.79 Å². The number of aromatic amines is 1. The Labute approximate surface area is 182 Å². The normalized spacial score (nSPS) is 11.2. The average Bonchev–Trinajstić information content (AvgIpc) is 3.11. The number of nitrogens with zero attached hydrogens (tertiary/aromatic N) is 2. The Morgan fingerprint density at radius 2 is 1.66 bits per heavy atom. The molecule has 2 heterocycles. The number of rotatable bonds is 3. The highest BCUT2D eigenvalue weighted by atomic mass is 16.2. The van der Waals surface area contributed by atoms with E-state index >= 15 is 0 Å². The van der Waals surface area contributed by atoms with Gasteiger partial charge in [-0.3, -0.25) is 9.59 Å². The van der Waals surface area contributed by atoms with Crippen LogP contribution < -0.4 is 16.6 Å². The summed E-state index contributed by atoms with van der Waals surface area (Å²) in [4.78, 5) is 41.9. The summed E-state index contributed by atoms with van der Waals surface area (Å²) in [6.07, 6.45) is 1.56. The maximum atomic E-state index is 13.2. The molecule has 5 rings (SSSR count). The quantitative estimate of drug-likeness (QED) is 0.463.